The van der Waals surface area contributed by atoms with Gasteiger partial charge in [0.2, 0.25) is 5.91 Å². The Morgan fingerprint density at radius 3 is 2.50 bits per heavy atom. The van der Waals surface area contributed by atoms with Gasteiger partial charge in [0.15, 0.2) is 0 Å². The molecule has 4 N–H and O–H groups in total. The third kappa shape index (κ3) is 8.87. The number of nitrogens with one attached hydrogen (secondary N) is 2. The lowest BCUT2D eigenvalue weighted by molar-refractivity contribution is -0.123. The van der Waals surface area contributed by atoms with Crippen molar-refractivity contribution in [1.82, 2.24) is 10.6 Å². The maximum Gasteiger partial charge on any atom is 0.283 e. The van der Waals surface area contributed by atoms with Crippen LogP contribution in [-0.4, -0.2) is 49.1 Å². The quantitative estimate of drug-likeness (QED) is 0.289. The number of aliphatic hydroxyl groups is 1. The van der Waals surface area contributed by atoms with Crippen LogP contribution in [0.4, 0.5) is 4.39 Å². The molecule has 0 aliphatic heterocycles. The van der Waals surface area contributed by atoms with Crippen LogP contribution in [0.25, 0.3) is 0 Å². The highest BCUT2D eigenvalue weighted by molar-refractivity contribution is 7.85. The summed E-state index contributed by atoms with van der Waals surface area (Å²) in [6, 6.07) is 12.6. The average Bonchev–Trinajstić information content (AvgIpc) is 2.70. The van der Waals surface area contributed by atoms with Crippen molar-refractivity contribution in [2.45, 2.75) is 25.4 Å². The summed E-state index contributed by atoms with van der Waals surface area (Å²) in [5.74, 6) is -1.25. The Morgan fingerprint density at radius 1 is 1.13 bits per heavy atom. The molecule has 1 amide bonds. The Labute approximate surface area is 174 Å². The van der Waals surface area contributed by atoms with Crippen molar-refractivity contribution in [3.05, 3.63) is 65.5 Å². The molecule has 164 valence electrons. The van der Waals surface area contributed by atoms with Gasteiger partial charge in [-0.05, 0) is 48.2 Å². The predicted octanol–water partition coefficient (Wildman–Crippen LogP) is 1.25. The van der Waals surface area contributed by atoms with Crippen molar-refractivity contribution in [2.75, 3.05) is 19.1 Å². The molecular weight excluding hydrogens is 415 g/mol. The minimum Gasteiger partial charge on any atom is -0.494 e. The van der Waals surface area contributed by atoms with Gasteiger partial charge in [0.25, 0.3) is 10.1 Å². The largest absolute Gasteiger partial charge is 0.494 e. The monoisotopic (exact) mass is 440 g/mol. The van der Waals surface area contributed by atoms with Crippen molar-refractivity contribution in [2.24, 2.45) is 0 Å². The maximum atomic E-state index is 13.1. The normalized spacial score (nSPS) is 12.4. The Hall–Kier alpha value is -2.53. The van der Waals surface area contributed by atoms with Crippen molar-refractivity contribution >= 4 is 16.0 Å². The number of benzene rings is 2. The zero-order chi connectivity index (χ0) is 22.0. The third-order valence-corrected chi connectivity index (χ3v) is 4.68. The van der Waals surface area contributed by atoms with Crippen LogP contribution in [-0.2, 0) is 27.9 Å². The van der Waals surface area contributed by atoms with Gasteiger partial charge in [0.1, 0.15) is 23.5 Å². The third-order valence-electron chi connectivity index (χ3n) is 4.17. The molecule has 0 saturated carbocycles. The minimum absolute atomic E-state index is 0.253. The van der Waals surface area contributed by atoms with Gasteiger partial charge in [-0.2, -0.15) is 8.42 Å². The molecule has 30 heavy (non-hydrogen) atoms. The van der Waals surface area contributed by atoms with Crippen molar-refractivity contribution in [3.63, 3.8) is 0 Å². The molecule has 0 aliphatic carbocycles. The molecule has 0 radical (unpaired) electrons. The number of aryl methyl sites for hydroxylation is 1. The van der Waals surface area contributed by atoms with Crippen LogP contribution in [0, 0.1) is 5.82 Å². The van der Waals surface area contributed by atoms with Crippen molar-refractivity contribution in [1.29, 1.82) is 0 Å². The van der Waals surface area contributed by atoms with E-state index in [1.54, 1.807) is 30.3 Å². The summed E-state index contributed by atoms with van der Waals surface area (Å²) >= 11 is 0. The fourth-order valence-electron chi connectivity index (χ4n) is 2.63. The van der Waals surface area contributed by atoms with Gasteiger partial charge in [-0.15, -0.1) is 0 Å². The molecule has 10 heteroatoms. The topological polar surface area (TPSA) is 125 Å². The summed E-state index contributed by atoms with van der Waals surface area (Å²) in [5.41, 5.74) is 1.74. The second-order valence-corrected chi connectivity index (χ2v) is 8.06. The molecule has 0 saturated heterocycles. The Bertz CT molecular complexity index is 921. The van der Waals surface area contributed by atoms with Gasteiger partial charge in [0.05, 0.1) is 13.2 Å². The summed E-state index contributed by atoms with van der Waals surface area (Å²) in [5, 5.41) is 14.1. The van der Waals surface area contributed by atoms with E-state index in [-0.39, 0.29) is 12.4 Å². The highest BCUT2D eigenvalue weighted by Crippen LogP contribution is 2.13. The number of rotatable bonds is 12. The molecule has 1 unspecified atom stereocenters. The van der Waals surface area contributed by atoms with Crippen molar-refractivity contribution < 1.29 is 32.0 Å². The number of ether oxygens (including phenoxy) is 1. The van der Waals surface area contributed by atoms with Gasteiger partial charge in [0, 0.05) is 6.54 Å². The standard InChI is InChI=1S/C20H25FN2O6S/c21-17-5-1-3-15(11-17)4-2-10-29-18-8-6-16(7-9-18)12-22-19(13-24)20(25)23-14-30(26,27)28/h1,3,5-9,11,19,22,24H,2,4,10,12-14H2,(H,23,25)(H,26,27,28). The first-order chi connectivity index (χ1) is 14.3. The van der Waals surface area contributed by atoms with Gasteiger partial charge in [-0.1, -0.05) is 24.3 Å². The van der Waals surface area contributed by atoms with Gasteiger partial charge < -0.3 is 15.2 Å². The zero-order valence-electron chi connectivity index (χ0n) is 16.3. The highest BCUT2D eigenvalue weighted by Gasteiger charge is 2.18. The van der Waals surface area contributed by atoms with Crippen LogP contribution in [0.2, 0.25) is 0 Å². The zero-order valence-corrected chi connectivity index (χ0v) is 17.1. The second-order valence-electron chi connectivity index (χ2n) is 6.61. The second kappa shape index (κ2) is 11.6. The van der Waals surface area contributed by atoms with E-state index >= 15 is 0 Å². The maximum absolute atomic E-state index is 13.1. The molecule has 0 spiro atoms. The molecule has 2 aromatic carbocycles. The summed E-state index contributed by atoms with van der Waals surface area (Å²) < 4.78 is 48.8. The first-order valence-corrected chi connectivity index (χ1v) is 10.9. The fraction of sp³-hybridized carbons (Fsp3) is 0.350. The van der Waals surface area contributed by atoms with Gasteiger partial charge in [-0.3, -0.25) is 14.7 Å². The van der Waals surface area contributed by atoms with E-state index in [1.807, 2.05) is 11.4 Å². The van der Waals surface area contributed by atoms with E-state index in [2.05, 4.69) is 5.32 Å². The molecule has 0 fully saturated rings. The Kier molecular flexibility index (Phi) is 9.18. The van der Waals surface area contributed by atoms with E-state index in [1.165, 1.54) is 12.1 Å². The molecular formula is C20H25FN2O6S. The summed E-state index contributed by atoms with van der Waals surface area (Å²) in [7, 11) is -4.33. The highest BCUT2D eigenvalue weighted by atomic mass is 32.2. The average molecular weight is 440 g/mol. The van der Waals surface area contributed by atoms with Gasteiger partial charge >= 0.3 is 0 Å². The number of carbonyl (C=O) groups is 1. The molecule has 2 rings (SSSR count). The van der Waals surface area contributed by atoms with Gasteiger partial charge in [-0.25, -0.2) is 4.39 Å². The smallest absolute Gasteiger partial charge is 0.283 e. The van der Waals surface area contributed by atoms with Crippen molar-refractivity contribution in [3.8, 4) is 5.75 Å². The predicted molar refractivity (Wildman–Crippen MR) is 109 cm³/mol. The van der Waals surface area contributed by atoms with Crippen LogP contribution >= 0.6 is 0 Å². The van der Waals surface area contributed by atoms with E-state index in [4.69, 9.17) is 9.29 Å². The van der Waals surface area contributed by atoms with Crippen LogP contribution < -0.4 is 15.4 Å². The van der Waals surface area contributed by atoms with E-state index in [9.17, 15) is 22.7 Å². The lowest BCUT2D eigenvalue weighted by atomic mass is 10.1. The van der Waals surface area contributed by atoms with E-state index in [0.717, 1.165) is 17.5 Å². The lowest BCUT2D eigenvalue weighted by Crippen LogP contribution is -2.47. The summed E-state index contributed by atoms with van der Waals surface area (Å²) in [6.45, 7) is 0.197. The van der Waals surface area contributed by atoms with Crippen LogP contribution in [0.1, 0.15) is 17.5 Å². The molecule has 0 bridgehead atoms. The van der Waals surface area contributed by atoms with E-state index in [0.29, 0.717) is 18.8 Å². The molecule has 2 aromatic rings. The Balaban J connectivity index is 1.73. The van der Waals surface area contributed by atoms with E-state index < -0.39 is 34.6 Å². The minimum atomic E-state index is -4.33. The fourth-order valence-corrected chi connectivity index (χ4v) is 2.95. The molecule has 8 nitrogen and oxygen atoms in total. The number of aliphatic hydroxyl groups excluding tert-OH is 1. The first-order valence-electron chi connectivity index (χ1n) is 9.30. The Morgan fingerprint density at radius 2 is 1.87 bits per heavy atom. The molecule has 0 aliphatic rings. The lowest BCUT2D eigenvalue weighted by Gasteiger charge is -2.16. The summed E-state index contributed by atoms with van der Waals surface area (Å²) in [4.78, 5) is 11.8. The van der Waals surface area contributed by atoms with Crippen LogP contribution in [0.3, 0.4) is 0 Å². The number of halogens is 1. The first kappa shape index (κ1) is 23.7. The number of hydrogen-bond acceptors (Lipinski definition) is 6. The number of hydrogen-bond donors (Lipinski definition) is 4. The number of carbonyl (C=O) groups excluding carboxylic acids is 1. The number of amides is 1. The molecule has 1 atom stereocenters. The van der Waals surface area contributed by atoms with Crippen LogP contribution in [0.5, 0.6) is 5.75 Å². The van der Waals surface area contributed by atoms with Crippen LogP contribution in [0.15, 0.2) is 48.5 Å². The molecule has 0 heterocycles. The SMILES string of the molecule is O=C(NCS(=O)(=O)O)C(CO)NCc1ccc(OCCCc2cccc(F)c2)cc1. The molecule has 0 aromatic heterocycles. The summed E-state index contributed by atoms with van der Waals surface area (Å²) in [6.07, 6.45) is 1.45.